The van der Waals surface area contributed by atoms with Crippen LogP contribution in [0.2, 0.25) is 0 Å². The Morgan fingerprint density at radius 2 is 1.66 bits per heavy atom. The van der Waals surface area contributed by atoms with Gasteiger partial charge in [-0.05, 0) is 60.2 Å². The largest absolute Gasteiger partial charge is 0.312 e. The number of sulfonamides is 1. The van der Waals surface area contributed by atoms with Gasteiger partial charge < -0.3 is 4.90 Å². The number of carbonyl (C=O) groups is 2. The molecule has 1 aliphatic rings. The van der Waals surface area contributed by atoms with Crippen molar-refractivity contribution in [3.63, 3.8) is 0 Å². The Kier molecular flexibility index (Phi) is 6.56. The predicted octanol–water partition coefficient (Wildman–Crippen LogP) is 5.45. The van der Waals surface area contributed by atoms with E-state index in [0.29, 0.717) is 35.3 Å². The average molecular weight is 491 g/mol. The van der Waals surface area contributed by atoms with Gasteiger partial charge in [-0.15, -0.1) is 0 Å². The van der Waals surface area contributed by atoms with Crippen LogP contribution in [0, 0.1) is 6.92 Å². The number of ketones is 1. The number of hydrogen-bond acceptors (Lipinski definition) is 4. The molecule has 4 rings (SSSR count). The molecule has 35 heavy (non-hydrogen) atoms. The van der Waals surface area contributed by atoms with Gasteiger partial charge in [0.25, 0.3) is 10.0 Å². The normalized spacial score (nSPS) is 14.3. The minimum Gasteiger partial charge on any atom is -0.312 e. The topological polar surface area (TPSA) is 83.6 Å². The smallest absolute Gasteiger partial charge is 0.261 e. The lowest BCUT2D eigenvalue weighted by Gasteiger charge is -2.19. The number of benzene rings is 3. The summed E-state index contributed by atoms with van der Waals surface area (Å²) in [7, 11) is -3.88. The van der Waals surface area contributed by atoms with Crippen LogP contribution in [-0.2, 0) is 20.2 Å². The van der Waals surface area contributed by atoms with Gasteiger partial charge in [0, 0.05) is 35.5 Å². The van der Waals surface area contributed by atoms with E-state index in [0.717, 1.165) is 17.7 Å². The first-order valence-electron chi connectivity index (χ1n) is 11.6. The van der Waals surface area contributed by atoms with Gasteiger partial charge in [-0.1, -0.05) is 57.2 Å². The first-order valence-corrected chi connectivity index (χ1v) is 13.1. The summed E-state index contributed by atoms with van der Waals surface area (Å²) >= 11 is 0. The fourth-order valence-electron chi connectivity index (χ4n) is 4.23. The molecule has 0 aromatic heterocycles. The molecule has 182 valence electrons. The highest BCUT2D eigenvalue weighted by Gasteiger charge is 2.24. The first kappa shape index (κ1) is 24.7. The van der Waals surface area contributed by atoms with Crippen molar-refractivity contribution in [2.24, 2.45) is 0 Å². The predicted molar refractivity (Wildman–Crippen MR) is 139 cm³/mol. The maximum absolute atomic E-state index is 13.1. The zero-order valence-corrected chi connectivity index (χ0v) is 21.3. The summed E-state index contributed by atoms with van der Waals surface area (Å²) in [5.41, 5.74) is 3.81. The molecule has 1 fully saturated rings. The van der Waals surface area contributed by atoms with Crippen molar-refractivity contribution in [1.82, 2.24) is 0 Å². The van der Waals surface area contributed by atoms with Crippen LogP contribution in [0.15, 0.2) is 71.6 Å². The fourth-order valence-corrected chi connectivity index (χ4v) is 5.36. The number of hydrogen-bond donors (Lipinski definition) is 1. The Bertz CT molecular complexity index is 1390. The van der Waals surface area contributed by atoms with Crippen molar-refractivity contribution in [1.29, 1.82) is 0 Å². The molecule has 0 unspecified atom stereocenters. The van der Waals surface area contributed by atoms with Crippen molar-refractivity contribution in [2.45, 2.75) is 50.8 Å². The molecule has 3 aromatic rings. The van der Waals surface area contributed by atoms with Gasteiger partial charge in [0.15, 0.2) is 5.78 Å². The van der Waals surface area contributed by atoms with Crippen molar-refractivity contribution < 1.29 is 18.0 Å². The lowest BCUT2D eigenvalue weighted by Crippen LogP contribution is -2.24. The minimum atomic E-state index is -3.88. The molecule has 0 aliphatic carbocycles. The summed E-state index contributed by atoms with van der Waals surface area (Å²) in [6.45, 7) is 8.77. The molecule has 3 aromatic carbocycles. The van der Waals surface area contributed by atoms with Crippen molar-refractivity contribution in [3.8, 4) is 0 Å². The lowest BCUT2D eigenvalue weighted by atomic mass is 9.86. The summed E-state index contributed by atoms with van der Waals surface area (Å²) in [4.78, 5) is 26.9. The second-order valence-electron chi connectivity index (χ2n) is 9.94. The third kappa shape index (κ3) is 5.30. The summed E-state index contributed by atoms with van der Waals surface area (Å²) in [6.07, 6.45) is 1.31. The molecule has 0 spiro atoms. The SMILES string of the molecule is Cc1cc(S(=O)(=O)Nc2cccc(C(=O)c3ccc(C(C)(C)C)cc3)c2)ccc1N1CCCC1=O. The van der Waals surface area contributed by atoms with Gasteiger partial charge in [0.05, 0.1) is 4.90 Å². The van der Waals surface area contributed by atoms with E-state index in [1.54, 1.807) is 60.4 Å². The monoisotopic (exact) mass is 490 g/mol. The van der Waals surface area contributed by atoms with E-state index in [1.165, 1.54) is 6.07 Å². The summed E-state index contributed by atoms with van der Waals surface area (Å²) < 4.78 is 28.7. The van der Waals surface area contributed by atoms with Gasteiger partial charge in [-0.2, -0.15) is 0 Å². The molecule has 0 saturated carbocycles. The molecule has 0 bridgehead atoms. The Balaban J connectivity index is 1.54. The Morgan fingerprint density at radius 3 is 2.26 bits per heavy atom. The molecule has 1 amide bonds. The van der Waals surface area contributed by atoms with Crippen molar-refractivity contribution in [3.05, 3.63) is 89.0 Å². The number of anilines is 2. The second kappa shape index (κ2) is 9.30. The molecule has 7 heteroatoms. The second-order valence-corrected chi connectivity index (χ2v) is 11.6. The highest BCUT2D eigenvalue weighted by Crippen LogP contribution is 2.28. The van der Waals surface area contributed by atoms with E-state index in [9.17, 15) is 18.0 Å². The lowest BCUT2D eigenvalue weighted by molar-refractivity contribution is -0.117. The zero-order valence-electron chi connectivity index (χ0n) is 20.5. The van der Waals surface area contributed by atoms with Crippen LogP contribution >= 0.6 is 0 Å². The summed E-state index contributed by atoms with van der Waals surface area (Å²) in [5.74, 6) is -0.127. The summed E-state index contributed by atoms with van der Waals surface area (Å²) in [6, 6.07) is 18.7. The van der Waals surface area contributed by atoms with Gasteiger partial charge in [0.1, 0.15) is 0 Å². The van der Waals surface area contributed by atoms with Crippen LogP contribution in [0.25, 0.3) is 0 Å². The number of amides is 1. The molecule has 0 radical (unpaired) electrons. The highest BCUT2D eigenvalue weighted by atomic mass is 32.2. The number of rotatable bonds is 6. The van der Waals surface area contributed by atoms with Gasteiger partial charge in [-0.25, -0.2) is 8.42 Å². The Labute approximate surface area is 207 Å². The number of nitrogens with zero attached hydrogens (tertiary/aromatic N) is 1. The molecule has 1 aliphatic heterocycles. The molecule has 1 N–H and O–H groups in total. The number of carbonyl (C=O) groups excluding carboxylic acids is 2. The van der Waals surface area contributed by atoms with Crippen LogP contribution in [-0.4, -0.2) is 26.7 Å². The fraction of sp³-hybridized carbons (Fsp3) is 0.286. The van der Waals surface area contributed by atoms with Crippen LogP contribution in [0.1, 0.15) is 60.7 Å². The van der Waals surface area contributed by atoms with E-state index >= 15 is 0 Å². The van der Waals surface area contributed by atoms with E-state index in [2.05, 4.69) is 25.5 Å². The number of aryl methyl sites for hydroxylation is 1. The van der Waals surface area contributed by atoms with Gasteiger partial charge >= 0.3 is 0 Å². The van der Waals surface area contributed by atoms with E-state index < -0.39 is 10.0 Å². The Hall–Kier alpha value is -3.45. The standard InChI is InChI=1S/C28H30N2O4S/c1-19-17-24(14-15-25(19)30-16-6-9-26(30)31)35(33,34)29-23-8-5-7-21(18-23)27(32)20-10-12-22(13-11-20)28(2,3)4/h5,7-8,10-15,17-18,29H,6,9,16H2,1-4H3. The molecule has 1 saturated heterocycles. The van der Waals surface area contributed by atoms with E-state index in [-0.39, 0.29) is 22.0 Å². The van der Waals surface area contributed by atoms with Gasteiger partial charge in [0.2, 0.25) is 5.91 Å². The third-order valence-electron chi connectivity index (χ3n) is 6.23. The first-order chi connectivity index (χ1) is 16.5. The molecule has 1 heterocycles. The minimum absolute atomic E-state index is 0.0136. The molecule has 0 atom stereocenters. The van der Waals surface area contributed by atoms with Gasteiger partial charge in [-0.3, -0.25) is 14.3 Å². The quantitative estimate of drug-likeness (QED) is 0.466. The van der Waals surface area contributed by atoms with Crippen LogP contribution < -0.4 is 9.62 Å². The molecular formula is C28H30N2O4S. The van der Waals surface area contributed by atoms with Crippen LogP contribution in [0.5, 0.6) is 0 Å². The zero-order chi connectivity index (χ0) is 25.4. The van der Waals surface area contributed by atoms with Crippen molar-refractivity contribution >= 4 is 33.1 Å². The van der Waals surface area contributed by atoms with Crippen molar-refractivity contribution in [2.75, 3.05) is 16.2 Å². The van der Waals surface area contributed by atoms with E-state index in [1.807, 2.05) is 12.1 Å². The van der Waals surface area contributed by atoms with E-state index in [4.69, 9.17) is 0 Å². The third-order valence-corrected chi connectivity index (χ3v) is 7.61. The highest BCUT2D eigenvalue weighted by molar-refractivity contribution is 7.92. The molecular weight excluding hydrogens is 460 g/mol. The maximum Gasteiger partial charge on any atom is 0.261 e. The summed E-state index contributed by atoms with van der Waals surface area (Å²) in [5, 5.41) is 0. The number of nitrogens with one attached hydrogen (secondary N) is 1. The maximum atomic E-state index is 13.1. The molecule has 6 nitrogen and oxygen atoms in total. The average Bonchev–Trinajstić information content (AvgIpc) is 3.23. The Morgan fingerprint density at radius 1 is 0.943 bits per heavy atom. The van der Waals surface area contributed by atoms with Crippen LogP contribution in [0.4, 0.5) is 11.4 Å². The van der Waals surface area contributed by atoms with Crippen LogP contribution in [0.3, 0.4) is 0 Å².